The highest BCUT2D eigenvalue weighted by Gasteiger charge is 2.13. The van der Waals surface area contributed by atoms with Gasteiger partial charge >= 0.3 is 12.6 Å². The number of methoxy groups -OCH3 is 1. The van der Waals surface area contributed by atoms with E-state index in [4.69, 9.17) is 0 Å². The molecule has 0 aliphatic carbocycles. The number of ether oxygens (including phenoxy) is 2. The second-order valence-corrected chi connectivity index (χ2v) is 4.31. The smallest absolute Gasteiger partial charge is 0.387 e. The van der Waals surface area contributed by atoms with Crippen LogP contribution in [0.5, 0.6) is 5.75 Å². The number of amides is 1. The van der Waals surface area contributed by atoms with Crippen LogP contribution in [0, 0.1) is 0 Å². The summed E-state index contributed by atoms with van der Waals surface area (Å²) in [4.78, 5) is 24.5. The van der Waals surface area contributed by atoms with Gasteiger partial charge in [0.1, 0.15) is 5.75 Å². The Morgan fingerprint density at radius 3 is 2.38 bits per heavy atom. The van der Waals surface area contributed by atoms with E-state index in [2.05, 4.69) is 9.47 Å². The first-order chi connectivity index (χ1) is 9.93. The number of rotatable bonds is 7. The first-order valence-electron chi connectivity index (χ1n) is 6.31. The van der Waals surface area contributed by atoms with Gasteiger partial charge in [0.2, 0.25) is 0 Å². The van der Waals surface area contributed by atoms with Crippen LogP contribution in [0.15, 0.2) is 24.3 Å². The summed E-state index contributed by atoms with van der Waals surface area (Å²) in [6.07, 6.45) is 0.719. The molecule has 7 heteroatoms. The fourth-order valence-corrected chi connectivity index (χ4v) is 1.66. The van der Waals surface area contributed by atoms with Crippen molar-refractivity contribution in [2.24, 2.45) is 0 Å². The molecular weight excluding hydrogens is 284 g/mol. The minimum absolute atomic E-state index is 0.00473. The number of hydrogen-bond donors (Lipinski definition) is 0. The molecular formula is C14H17F2NO4. The van der Waals surface area contributed by atoms with Crippen molar-refractivity contribution in [2.45, 2.75) is 19.5 Å². The van der Waals surface area contributed by atoms with Crippen molar-refractivity contribution in [1.82, 2.24) is 4.90 Å². The van der Waals surface area contributed by atoms with Gasteiger partial charge in [-0.3, -0.25) is 9.59 Å². The van der Waals surface area contributed by atoms with E-state index in [0.29, 0.717) is 18.5 Å². The molecule has 5 nitrogen and oxygen atoms in total. The largest absolute Gasteiger partial charge is 0.469 e. The van der Waals surface area contributed by atoms with Crippen molar-refractivity contribution in [3.8, 4) is 5.75 Å². The van der Waals surface area contributed by atoms with Gasteiger partial charge < -0.3 is 14.4 Å². The van der Waals surface area contributed by atoms with Crippen LogP contribution < -0.4 is 4.74 Å². The average molecular weight is 301 g/mol. The van der Waals surface area contributed by atoms with E-state index < -0.39 is 6.61 Å². The molecule has 0 unspecified atom stereocenters. The van der Waals surface area contributed by atoms with Crippen molar-refractivity contribution in [1.29, 1.82) is 0 Å². The van der Waals surface area contributed by atoms with Gasteiger partial charge in [-0.2, -0.15) is 8.78 Å². The van der Waals surface area contributed by atoms with Crippen LogP contribution in [0.3, 0.4) is 0 Å². The van der Waals surface area contributed by atoms with Crippen LogP contribution in [-0.2, 0) is 9.53 Å². The quantitative estimate of drug-likeness (QED) is 0.725. The van der Waals surface area contributed by atoms with E-state index in [0.717, 1.165) is 0 Å². The van der Waals surface area contributed by atoms with Gasteiger partial charge in [-0.05, 0) is 30.7 Å². The third-order valence-corrected chi connectivity index (χ3v) is 2.78. The molecule has 0 spiro atoms. The highest BCUT2D eigenvalue weighted by Crippen LogP contribution is 2.16. The predicted octanol–water partition coefficient (Wildman–Crippen LogP) is 2.31. The van der Waals surface area contributed by atoms with E-state index >= 15 is 0 Å². The van der Waals surface area contributed by atoms with Gasteiger partial charge in [-0.1, -0.05) is 0 Å². The minimum Gasteiger partial charge on any atom is -0.469 e. The summed E-state index contributed by atoms with van der Waals surface area (Å²) in [6, 6.07) is 5.44. The van der Waals surface area contributed by atoms with Crippen LogP contribution in [-0.4, -0.2) is 44.1 Å². The maximum absolute atomic E-state index is 12.0. The molecule has 1 aromatic rings. The lowest BCUT2D eigenvalue weighted by atomic mass is 10.2. The first-order valence-corrected chi connectivity index (χ1v) is 6.31. The number of carbonyl (C=O) groups is 2. The number of halogens is 2. The van der Waals surface area contributed by atoms with Crippen molar-refractivity contribution in [3.63, 3.8) is 0 Å². The average Bonchev–Trinajstić information content (AvgIpc) is 2.46. The zero-order chi connectivity index (χ0) is 15.8. The second-order valence-electron chi connectivity index (χ2n) is 4.31. The zero-order valence-electron chi connectivity index (χ0n) is 11.8. The molecule has 0 saturated carbocycles. The highest BCUT2D eigenvalue weighted by atomic mass is 19.3. The summed E-state index contributed by atoms with van der Waals surface area (Å²) < 4.78 is 32.7. The summed E-state index contributed by atoms with van der Waals surface area (Å²) in [5, 5.41) is 0. The predicted molar refractivity (Wildman–Crippen MR) is 71.3 cm³/mol. The van der Waals surface area contributed by atoms with Gasteiger partial charge in [0.15, 0.2) is 0 Å². The SMILES string of the molecule is COC(=O)CCCN(C)C(=O)c1ccc(OC(F)F)cc1. The molecule has 1 aromatic carbocycles. The van der Waals surface area contributed by atoms with Crippen LogP contribution >= 0.6 is 0 Å². The summed E-state index contributed by atoms with van der Waals surface area (Å²) in [6.45, 7) is -2.50. The van der Waals surface area contributed by atoms with Crippen molar-refractivity contribution in [3.05, 3.63) is 29.8 Å². The van der Waals surface area contributed by atoms with Gasteiger partial charge in [0, 0.05) is 25.6 Å². The van der Waals surface area contributed by atoms with Gasteiger partial charge in [0.25, 0.3) is 5.91 Å². The highest BCUT2D eigenvalue weighted by molar-refractivity contribution is 5.94. The van der Waals surface area contributed by atoms with Crippen LogP contribution in [0.2, 0.25) is 0 Å². The third kappa shape index (κ3) is 5.76. The van der Waals surface area contributed by atoms with E-state index in [1.54, 1.807) is 7.05 Å². The number of nitrogens with zero attached hydrogens (tertiary/aromatic N) is 1. The molecule has 0 aliphatic rings. The van der Waals surface area contributed by atoms with Gasteiger partial charge in [-0.15, -0.1) is 0 Å². The first kappa shape index (κ1) is 16.9. The summed E-state index contributed by atoms with van der Waals surface area (Å²) in [5.41, 5.74) is 0.359. The molecule has 1 amide bonds. The third-order valence-electron chi connectivity index (χ3n) is 2.78. The number of benzene rings is 1. The molecule has 116 valence electrons. The molecule has 0 atom stereocenters. The van der Waals surface area contributed by atoms with E-state index in [1.807, 2.05) is 0 Å². The molecule has 0 radical (unpaired) electrons. The zero-order valence-corrected chi connectivity index (χ0v) is 11.8. The molecule has 0 aliphatic heterocycles. The van der Waals surface area contributed by atoms with Crippen molar-refractivity contribution in [2.75, 3.05) is 20.7 Å². The molecule has 0 heterocycles. The van der Waals surface area contributed by atoms with E-state index in [-0.39, 0.29) is 24.0 Å². The summed E-state index contributed by atoms with van der Waals surface area (Å²) >= 11 is 0. The Balaban J connectivity index is 2.51. The Labute approximate surface area is 121 Å². The summed E-state index contributed by atoms with van der Waals surface area (Å²) in [7, 11) is 2.91. The second kappa shape index (κ2) is 8.18. The number of carbonyl (C=O) groups excluding carboxylic acids is 2. The Morgan fingerprint density at radius 1 is 1.24 bits per heavy atom. The van der Waals surface area contributed by atoms with E-state index in [1.165, 1.54) is 36.3 Å². The Hall–Kier alpha value is -2.18. The van der Waals surface area contributed by atoms with Crippen molar-refractivity contribution < 1.29 is 27.8 Å². The fourth-order valence-electron chi connectivity index (χ4n) is 1.66. The number of alkyl halides is 2. The lowest BCUT2D eigenvalue weighted by Crippen LogP contribution is -2.28. The van der Waals surface area contributed by atoms with E-state index in [9.17, 15) is 18.4 Å². The molecule has 0 aromatic heterocycles. The summed E-state index contributed by atoms with van der Waals surface area (Å²) in [5.74, 6) is -0.595. The maximum Gasteiger partial charge on any atom is 0.387 e. The standard InChI is InChI=1S/C14H17F2NO4/c1-17(9-3-4-12(18)20-2)13(19)10-5-7-11(8-6-10)21-14(15)16/h5-8,14H,3-4,9H2,1-2H3. The fraction of sp³-hybridized carbons (Fsp3) is 0.429. The lowest BCUT2D eigenvalue weighted by molar-refractivity contribution is -0.140. The van der Waals surface area contributed by atoms with Gasteiger partial charge in [0.05, 0.1) is 7.11 Å². The Morgan fingerprint density at radius 2 is 1.86 bits per heavy atom. The monoisotopic (exact) mass is 301 g/mol. The van der Waals surface area contributed by atoms with Crippen LogP contribution in [0.25, 0.3) is 0 Å². The molecule has 21 heavy (non-hydrogen) atoms. The Bertz CT molecular complexity index is 476. The van der Waals surface area contributed by atoms with Crippen molar-refractivity contribution >= 4 is 11.9 Å². The number of hydrogen-bond acceptors (Lipinski definition) is 4. The lowest BCUT2D eigenvalue weighted by Gasteiger charge is -2.17. The topological polar surface area (TPSA) is 55.8 Å². The Kier molecular flexibility index (Phi) is 6.58. The van der Waals surface area contributed by atoms with Gasteiger partial charge in [-0.25, -0.2) is 0 Å². The molecule has 0 saturated heterocycles. The molecule has 0 bridgehead atoms. The number of esters is 1. The van der Waals surface area contributed by atoms with Crippen LogP contribution in [0.1, 0.15) is 23.2 Å². The normalized spacial score (nSPS) is 10.3. The maximum atomic E-state index is 12.0. The molecule has 0 N–H and O–H groups in total. The van der Waals surface area contributed by atoms with Crippen LogP contribution in [0.4, 0.5) is 8.78 Å². The molecule has 0 fully saturated rings. The molecule has 1 rings (SSSR count). The minimum atomic E-state index is -2.90.